The number of hydrogen-bond donors (Lipinski definition) is 0. The number of halogens is 3. The maximum absolute atomic E-state index is 11.2. The third kappa shape index (κ3) is 9.21. The van der Waals surface area contributed by atoms with Gasteiger partial charge in [0.1, 0.15) is 6.54 Å². The minimum absolute atomic E-state index is 0.276. The second-order valence-electron chi connectivity index (χ2n) is 14.5. The normalized spacial score (nSPS) is 20.3. The Balaban J connectivity index is 1.46. The van der Waals surface area contributed by atoms with Crippen molar-refractivity contribution >= 4 is 72.1 Å². The first-order chi connectivity index (χ1) is 23.8. The molecule has 5 rings (SSSR count). The fourth-order valence-corrected chi connectivity index (χ4v) is 9.22. The van der Waals surface area contributed by atoms with Crippen molar-refractivity contribution in [3.63, 3.8) is 0 Å². The summed E-state index contributed by atoms with van der Waals surface area (Å²) in [4.78, 5) is 2.19. The number of fused-ring (bicyclic) bond motifs is 2. The van der Waals surface area contributed by atoms with Crippen LogP contribution in [-0.4, -0.2) is 60.8 Å². The van der Waals surface area contributed by atoms with Crippen molar-refractivity contribution in [1.29, 1.82) is 0 Å². The topological polar surface area (TPSA) is 121 Å². The van der Waals surface area contributed by atoms with Crippen LogP contribution in [0.5, 0.6) is 0 Å². The quantitative estimate of drug-likeness (QED) is 0.113. The number of hydrogen-bond acceptors (Lipinski definition) is 7. The van der Waals surface area contributed by atoms with Gasteiger partial charge in [0, 0.05) is 74.1 Å². The van der Waals surface area contributed by atoms with Gasteiger partial charge in [0.25, 0.3) is 0 Å². The SMILES string of the molecule is CC1(C)C(/C=C/C2=C(Cl)C(=C/C=C3/N(CCCCS(=O)(=O)[O-])c4ccc(Cl)cc4C3(C)C)/CCC2)=[N+](CCCCS(=O)(=O)[O-])c2ccc(Cl)cc21. The van der Waals surface area contributed by atoms with Crippen LogP contribution < -0.4 is 4.90 Å². The van der Waals surface area contributed by atoms with Crippen molar-refractivity contribution in [3.8, 4) is 0 Å². The van der Waals surface area contributed by atoms with E-state index < -0.39 is 31.7 Å². The molecule has 2 aliphatic heterocycles. The van der Waals surface area contributed by atoms with Crippen LogP contribution >= 0.6 is 34.8 Å². The predicted molar refractivity (Wildman–Crippen MR) is 206 cm³/mol. The fraction of sp³-hybridized carbons (Fsp3) is 0.447. The Morgan fingerprint density at radius 3 is 2.08 bits per heavy atom. The van der Waals surface area contributed by atoms with E-state index >= 15 is 0 Å². The zero-order valence-electron chi connectivity index (χ0n) is 29.3. The van der Waals surface area contributed by atoms with Crippen LogP contribution in [0.3, 0.4) is 0 Å². The molecule has 0 aromatic heterocycles. The van der Waals surface area contributed by atoms with E-state index in [2.05, 4.69) is 61.5 Å². The molecule has 13 heteroatoms. The molecule has 0 N–H and O–H groups in total. The van der Waals surface area contributed by atoms with E-state index in [0.717, 1.165) is 64.3 Å². The first-order valence-corrected chi connectivity index (χ1v) is 21.5. The molecule has 0 fully saturated rings. The Hall–Kier alpha value is -2.44. The van der Waals surface area contributed by atoms with Gasteiger partial charge in [-0.15, -0.1) is 0 Å². The van der Waals surface area contributed by atoms with Crippen LogP contribution in [0.15, 0.2) is 82.6 Å². The first kappa shape index (κ1) is 39.8. The smallest absolute Gasteiger partial charge is 0.209 e. The number of anilines is 1. The fourth-order valence-electron chi connectivity index (χ4n) is 7.44. The summed E-state index contributed by atoms with van der Waals surface area (Å²) < 4.78 is 69.5. The van der Waals surface area contributed by atoms with E-state index in [4.69, 9.17) is 34.8 Å². The van der Waals surface area contributed by atoms with Gasteiger partial charge in [-0.25, -0.2) is 16.8 Å². The highest BCUT2D eigenvalue weighted by Crippen LogP contribution is 2.49. The molecule has 276 valence electrons. The molecule has 2 heterocycles. The lowest BCUT2D eigenvalue weighted by molar-refractivity contribution is -0.438. The van der Waals surface area contributed by atoms with Crippen LogP contribution in [-0.2, 0) is 31.1 Å². The van der Waals surface area contributed by atoms with Crippen molar-refractivity contribution in [2.75, 3.05) is 29.5 Å². The van der Waals surface area contributed by atoms with Gasteiger partial charge >= 0.3 is 0 Å². The van der Waals surface area contributed by atoms with Crippen molar-refractivity contribution in [2.45, 2.75) is 83.5 Å². The number of unbranched alkanes of at least 4 members (excludes halogenated alkanes) is 2. The van der Waals surface area contributed by atoms with Crippen LogP contribution in [0, 0.1) is 0 Å². The zero-order valence-corrected chi connectivity index (χ0v) is 33.2. The van der Waals surface area contributed by atoms with Gasteiger partial charge in [0.05, 0.1) is 25.7 Å². The Bertz CT molecular complexity index is 2080. The van der Waals surface area contributed by atoms with Crippen molar-refractivity contribution in [2.24, 2.45) is 0 Å². The molecule has 0 radical (unpaired) electrons. The van der Waals surface area contributed by atoms with E-state index in [1.807, 2.05) is 36.4 Å². The Labute approximate surface area is 317 Å². The Morgan fingerprint density at radius 2 is 1.41 bits per heavy atom. The van der Waals surface area contributed by atoms with Crippen LogP contribution in [0.2, 0.25) is 10.0 Å². The predicted octanol–water partition coefficient (Wildman–Crippen LogP) is 8.86. The van der Waals surface area contributed by atoms with Crippen molar-refractivity contribution in [1.82, 2.24) is 0 Å². The first-order valence-electron chi connectivity index (χ1n) is 17.2. The summed E-state index contributed by atoms with van der Waals surface area (Å²) >= 11 is 20.0. The summed E-state index contributed by atoms with van der Waals surface area (Å²) in [6.45, 7) is 9.64. The molecule has 0 spiro atoms. The molecule has 8 nitrogen and oxygen atoms in total. The average molecular weight is 795 g/mol. The highest BCUT2D eigenvalue weighted by atomic mass is 35.5. The molecule has 0 saturated heterocycles. The van der Waals surface area contributed by atoms with Gasteiger partial charge in [-0.3, -0.25) is 0 Å². The van der Waals surface area contributed by atoms with Crippen LogP contribution in [0.4, 0.5) is 11.4 Å². The number of nitrogens with zero attached hydrogens (tertiary/aromatic N) is 2. The molecule has 51 heavy (non-hydrogen) atoms. The summed E-state index contributed by atoms with van der Waals surface area (Å²) in [6.07, 6.45) is 12.5. The van der Waals surface area contributed by atoms with E-state index in [-0.39, 0.29) is 23.7 Å². The maximum atomic E-state index is 11.2. The van der Waals surface area contributed by atoms with Gasteiger partial charge in [0.15, 0.2) is 5.71 Å². The molecule has 0 bridgehead atoms. The minimum Gasteiger partial charge on any atom is -0.748 e. The van der Waals surface area contributed by atoms with Gasteiger partial charge in [-0.1, -0.05) is 60.8 Å². The minimum atomic E-state index is -4.28. The average Bonchev–Trinajstić information content (AvgIpc) is 3.36. The lowest BCUT2D eigenvalue weighted by Gasteiger charge is -2.27. The van der Waals surface area contributed by atoms with Gasteiger partial charge in [0.2, 0.25) is 5.69 Å². The third-order valence-electron chi connectivity index (χ3n) is 10.1. The van der Waals surface area contributed by atoms with Gasteiger partial charge in [-0.2, -0.15) is 4.58 Å². The van der Waals surface area contributed by atoms with E-state index in [1.54, 1.807) is 0 Å². The second kappa shape index (κ2) is 15.5. The maximum Gasteiger partial charge on any atom is 0.209 e. The van der Waals surface area contributed by atoms with Crippen molar-refractivity contribution < 1.29 is 30.5 Å². The molecular formula is C38H44Cl3N2O6S2-. The molecule has 2 aromatic rings. The highest BCUT2D eigenvalue weighted by molar-refractivity contribution is 7.85. The third-order valence-corrected chi connectivity index (χ3v) is 12.6. The Morgan fingerprint density at radius 1 is 0.784 bits per heavy atom. The Kier molecular flexibility index (Phi) is 12.1. The van der Waals surface area contributed by atoms with Gasteiger partial charge in [-0.05, 0) is 105 Å². The van der Waals surface area contributed by atoms with Gasteiger partial charge < -0.3 is 14.0 Å². The lowest BCUT2D eigenvalue weighted by Crippen LogP contribution is -2.28. The van der Waals surface area contributed by atoms with Crippen LogP contribution in [0.25, 0.3) is 0 Å². The highest BCUT2D eigenvalue weighted by Gasteiger charge is 2.44. The summed E-state index contributed by atoms with van der Waals surface area (Å²) in [7, 11) is -8.56. The molecule has 0 amide bonds. The summed E-state index contributed by atoms with van der Waals surface area (Å²) in [5.41, 5.74) is 7.46. The number of rotatable bonds is 13. The summed E-state index contributed by atoms with van der Waals surface area (Å²) in [6, 6.07) is 11.6. The number of allylic oxidation sites excluding steroid dienone is 8. The number of benzene rings is 2. The van der Waals surface area contributed by atoms with Crippen molar-refractivity contribution in [3.05, 3.63) is 104 Å². The monoisotopic (exact) mass is 793 g/mol. The standard InChI is InChI=1S/C38H45Cl3N2O6S2/c1-37(2)30-24-28(39)14-16-32(30)42(20-5-7-22-50(44,45)46)34(37)18-12-26-10-9-11-27(36(26)41)13-19-35-38(3,4)31-25-29(40)15-17-33(31)43(35)21-6-8-23-51(47,48)49/h12-19,24-25H,5-11,20-23H2,1-4H3,(H-,44,45,46,47,48,49)/p-1. The van der Waals surface area contributed by atoms with E-state index in [9.17, 15) is 25.9 Å². The van der Waals surface area contributed by atoms with E-state index in [1.165, 1.54) is 0 Å². The molecule has 0 saturated carbocycles. The molecule has 0 unspecified atom stereocenters. The summed E-state index contributed by atoms with van der Waals surface area (Å²) in [5, 5.41) is 1.97. The molecule has 1 aliphatic carbocycles. The molecular weight excluding hydrogens is 751 g/mol. The van der Waals surface area contributed by atoms with Crippen LogP contribution in [0.1, 0.15) is 83.8 Å². The second-order valence-corrected chi connectivity index (χ2v) is 18.8. The largest absolute Gasteiger partial charge is 0.748 e. The summed E-state index contributed by atoms with van der Waals surface area (Å²) in [5.74, 6) is -0.783. The molecule has 3 aliphatic rings. The van der Waals surface area contributed by atoms with E-state index in [0.29, 0.717) is 41.0 Å². The zero-order chi connectivity index (χ0) is 37.4. The lowest BCUT2D eigenvalue weighted by atomic mass is 9.81. The molecule has 2 aromatic carbocycles. The molecule has 0 atom stereocenters.